The normalized spacial score (nSPS) is 15.2. The smallest absolute Gasteiger partial charge is 0.281 e. The first-order valence-corrected chi connectivity index (χ1v) is 14.0. The number of aromatic nitrogens is 9. The van der Waals surface area contributed by atoms with Gasteiger partial charge in [-0.3, -0.25) is 4.79 Å². The highest BCUT2D eigenvalue weighted by Gasteiger charge is 2.31. The molecule has 13 nitrogen and oxygen atoms in total. The van der Waals surface area contributed by atoms with E-state index in [-0.39, 0.29) is 21.9 Å². The molecule has 6 rings (SSSR count). The van der Waals surface area contributed by atoms with Crippen LogP contribution in [-0.2, 0) is 16.6 Å². The van der Waals surface area contributed by atoms with Gasteiger partial charge in [-0.2, -0.15) is 4.31 Å². The summed E-state index contributed by atoms with van der Waals surface area (Å²) in [5.74, 6) is 0.382. The van der Waals surface area contributed by atoms with Crippen LogP contribution in [0.25, 0.3) is 16.9 Å². The van der Waals surface area contributed by atoms with Crippen molar-refractivity contribution in [2.24, 2.45) is 0 Å². The van der Waals surface area contributed by atoms with Crippen LogP contribution in [0.5, 0.6) is 0 Å². The lowest BCUT2D eigenvalue weighted by molar-refractivity contribution is 0.313. The number of nitrogens with one attached hydrogen (secondary N) is 1. The fraction of sp³-hybridized carbons (Fsp3) is 0.292. The second-order valence-corrected chi connectivity index (χ2v) is 11.8. The number of sulfonamides is 1. The summed E-state index contributed by atoms with van der Waals surface area (Å²) in [6, 6.07) is 12.2. The Kier molecular flexibility index (Phi) is 6.45. The number of halogens is 1. The molecular formula is C24H23ClN10O3S. The number of tetrazole rings is 1. The first-order chi connectivity index (χ1) is 18.8. The molecular weight excluding hydrogens is 544 g/mol. The number of piperidine rings is 1. The molecule has 0 radical (unpaired) electrons. The average Bonchev–Trinajstić information content (AvgIpc) is 3.60. The van der Waals surface area contributed by atoms with Crippen LogP contribution >= 0.6 is 11.6 Å². The lowest BCUT2D eigenvalue weighted by Crippen LogP contribution is -2.38. The minimum Gasteiger partial charge on any atom is -0.308 e. The van der Waals surface area contributed by atoms with Crippen molar-refractivity contribution in [3.63, 3.8) is 0 Å². The zero-order chi connectivity index (χ0) is 27.1. The molecule has 1 aliphatic rings. The number of fused-ring (bicyclic) bond motifs is 1. The summed E-state index contributed by atoms with van der Waals surface area (Å²) >= 11 is 6.10. The lowest BCUT2D eigenvalue weighted by Gasteiger charge is -2.30. The van der Waals surface area contributed by atoms with Crippen molar-refractivity contribution in [1.82, 2.24) is 49.5 Å². The van der Waals surface area contributed by atoms with E-state index in [0.717, 1.165) is 11.1 Å². The molecule has 0 bridgehead atoms. The molecule has 0 amide bonds. The highest BCUT2D eigenvalue weighted by Crippen LogP contribution is 2.30. The fourth-order valence-corrected chi connectivity index (χ4v) is 6.60. The number of aryl methyl sites for hydroxylation is 1. The molecule has 0 aliphatic carbocycles. The van der Waals surface area contributed by atoms with Crippen LogP contribution in [0.1, 0.15) is 35.7 Å². The Morgan fingerprint density at radius 1 is 1.10 bits per heavy atom. The van der Waals surface area contributed by atoms with Crippen LogP contribution in [0.4, 0.5) is 0 Å². The standard InChI is InChI=1S/C24H23ClN10O3S/c1-15-11-19(5-6-20(15)35-14-26-30-32-35)39(37,38)33-9-7-17(8-10-33)22-27-23-21(24(36)28-22)29-31-34(23)13-16-3-2-4-18(25)12-16/h2-6,11-12,14,17H,7-10,13H2,1H3,(H,27,28,36). The summed E-state index contributed by atoms with van der Waals surface area (Å²) in [5.41, 5.74) is 2.49. The molecule has 1 aliphatic heterocycles. The van der Waals surface area contributed by atoms with Crippen LogP contribution < -0.4 is 5.56 Å². The van der Waals surface area contributed by atoms with Crippen molar-refractivity contribution in [1.29, 1.82) is 0 Å². The van der Waals surface area contributed by atoms with E-state index < -0.39 is 10.0 Å². The third kappa shape index (κ3) is 4.82. The summed E-state index contributed by atoms with van der Waals surface area (Å²) in [6.45, 7) is 2.76. The molecule has 4 heterocycles. The molecule has 2 aromatic carbocycles. The van der Waals surface area contributed by atoms with Crippen molar-refractivity contribution in [3.05, 3.63) is 81.1 Å². The summed E-state index contributed by atoms with van der Waals surface area (Å²) in [4.78, 5) is 20.5. The van der Waals surface area contributed by atoms with Crippen molar-refractivity contribution in [2.45, 2.75) is 37.1 Å². The lowest BCUT2D eigenvalue weighted by atomic mass is 9.97. The molecule has 1 fully saturated rings. The Hall–Kier alpha value is -4.01. The molecule has 1 N–H and O–H groups in total. The minimum atomic E-state index is -3.71. The molecule has 15 heteroatoms. The van der Waals surface area contributed by atoms with Crippen LogP contribution in [0, 0.1) is 6.92 Å². The SMILES string of the molecule is Cc1cc(S(=O)(=O)N2CCC(c3nc4c(nnn4Cc4cccc(Cl)c4)c(=O)[nH]3)CC2)ccc1-n1cnnn1. The number of hydrogen-bond acceptors (Lipinski definition) is 9. The number of aromatic amines is 1. The van der Waals surface area contributed by atoms with Crippen molar-refractivity contribution in [3.8, 4) is 5.69 Å². The van der Waals surface area contributed by atoms with E-state index in [9.17, 15) is 13.2 Å². The first kappa shape index (κ1) is 25.3. The number of benzene rings is 2. The summed E-state index contributed by atoms with van der Waals surface area (Å²) in [7, 11) is -3.71. The maximum absolute atomic E-state index is 13.4. The number of H-pyrrole nitrogens is 1. The van der Waals surface area contributed by atoms with E-state index >= 15 is 0 Å². The third-order valence-corrected chi connectivity index (χ3v) is 8.99. The zero-order valence-corrected chi connectivity index (χ0v) is 22.3. The third-order valence-electron chi connectivity index (χ3n) is 6.86. The van der Waals surface area contributed by atoms with Gasteiger partial charge in [-0.15, -0.1) is 10.2 Å². The van der Waals surface area contributed by atoms with E-state index in [1.807, 2.05) is 25.1 Å². The maximum Gasteiger partial charge on any atom is 0.281 e. The van der Waals surface area contributed by atoms with Crippen LogP contribution in [0.15, 0.2) is 58.5 Å². The van der Waals surface area contributed by atoms with Gasteiger partial charge in [0.05, 0.1) is 17.1 Å². The van der Waals surface area contributed by atoms with Gasteiger partial charge in [-0.25, -0.2) is 22.8 Å². The van der Waals surface area contributed by atoms with Crippen LogP contribution in [-0.4, -0.2) is 71.0 Å². The Morgan fingerprint density at radius 2 is 1.92 bits per heavy atom. The Balaban J connectivity index is 1.20. The van der Waals surface area contributed by atoms with Crippen molar-refractivity contribution < 1.29 is 8.42 Å². The van der Waals surface area contributed by atoms with E-state index in [4.69, 9.17) is 16.6 Å². The predicted molar refractivity (Wildman–Crippen MR) is 141 cm³/mol. The number of nitrogens with zero attached hydrogens (tertiary/aromatic N) is 9. The molecule has 0 saturated carbocycles. The zero-order valence-electron chi connectivity index (χ0n) is 20.8. The van der Waals surface area contributed by atoms with Gasteiger partial charge in [0.15, 0.2) is 11.2 Å². The highest BCUT2D eigenvalue weighted by atomic mass is 35.5. The van der Waals surface area contributed by atoms with Gasteiger partial charge in [0.1, 0.15) is 12.2 Å². The Bertz CT molecular complexity index is 1830. The van der Waals surface area contributed by atoms with Gasteiger partial charge in [0, 0.05) is 24.0 Å². The predicted octanol–water partition coefficient (Wildman–Crippen LogP) is 2.07. The molecule has 3 aromatic heterocycles. The largest absolute Gasteiger partial charge is 0.308 e. The van der Waals surface area contributed by atoms with E-state index in [0.29, 0.717) is 54.7 Å². The monoisotopic (exact) mass is 566 g/mol. The summed E-state index contributed by atoms with van der Waals surface area (Å²) < 4.78 is 31.3. The molecule has 39 heavy (non-hydrogen) atoms. The van der Waals surface area contributed by atoms with Gasteiger partial charge < -0.3 is 4.98 Å². The molecule has 0 spiro atoms. The number of hydrogen-bond donors (Lipinski definition) is 1. The average molecular weight is 567 g/mol. The molecule has 5 aromatic rings. The van der Waals surface area contributed by atoms with E-state index in [2.05, 4.69) is 30.8 Å². The van der Waals surface area contributed by atoms with Gasteiger partial charge in [0.2, 0.25) is 10.0 Å². The van der Waals surface area contributed by atoms with Gasteiger partial charge in [-0.05, 0) is 71.7 Å². The second-order valence-electron chi connectivity index (χ2n) is 9.38. The second kappa shape index (κ2) is 9.94. The number of rotatable bonds is 6. The van der Waals surface area contributed by atoms with Gasteiger partial charge >= 0.3 is 0 Å². The van der Waals surface area contributed by atoms with E-state index in [1.54, 1.807) is 28.9 Å². The molecule has 200 valence electrons. The molecule has 0 atom stereocenters. The van der Waals surface area contributed by atoms with Crippen molar-refractivity contribution >= 4 is 32.8 Å². The Labute approximate surface area is 227 Å². The fourth-order valence-electron chi connectivity index (χ4n) is 4.83. The quantitative estimate of drug-likeness (QED) is 0.325. The topological polar surface area (TPSA) is 157 Å². The van der Waals surface area contributed by atoms with Gasteiger partial charge in [0.25, 0.3) is 5.56 Å². The van der Waals surface area contributed by atoms with Crippen LogP contribution in [0.2, 0.25) is 5.02 Å². The van der Waals surface area contributed by atoms with E-state index in [1.165, 1.54) is 15.3 Å². The molecule has 1 saturated heterocycles. The van der Waals surface area contributed by atoms with Crippen molar-refractivity contribution in [2.75, 3.05) is 13.1 Å². The summed E-state index contributed by atoms with van der Waals surface area (Å²) in [5, 5.41) is 19.8. The minimum absolute atomic E-state index is 0.119. The molecule has 0 unspecified atom stereocenters. The maximum atomic E-state index is 13.4. The first-order valence-electron chi connectivity index (χ1n) is 12.2. The van der Waals surface area contributed by atoms with Crippen LogP contribution in [0.3, 0.4) is 0 Å². The van der Waals surface area contributed by atoms with Gasteiger partial charge in [-0.1, -0.05) is 28.9 Å². The summed E-state index contributed by atoms with van der Waals surface area (Å²) in [6.07, 6.45) is 2.47. The Morgan fingerprint density at radius 3 is 2.64 bits per heavy atom. The highest BCUT2D eigenvalue weighted by molar-refractivity contribution is 7.89.